The molecule has 2 fully saturated rings. The van der Waals surface area contributed by atoms with Gasteiger partial charge in [-0.05, 0) is 30.9 Å². The number of piperazine rings is 1. The standard InChI is InChI=1S/C16H23N3O2/c1-21-15-13(3-2-4-14(15)17)16(20)19-9-7-18(8-10-19)11-12-5-6-12/h2-4,12H,5-11,17H2,1H3. The minimum Gasteiger partial charge on any atom is -0.494 e. The summed E-state index contributed by atoms with van der Waals surface area (Å²) < 4.78 is 5.29. The van der Waals surface area contributed by atoms with Gasteiger partial charge in [-0.2, -0.15) is 0 Å². The van der Waals surface area contributed by atoms with Crippen molar-refractivity contribution >= 4 is 11.6 Å². The molecule has 0 atom stereocenters. The van der Waals surface area contributed by atoms with Crippen molar-refractivity contribution in [3.05, 3.63) is 23.8 Å². The third kappa shape index (κ3) is 3.13. The Hall–Kier alpha value is -1.75. The Morgan fingerprint density at radius 1 is 1.29 bits per heavy atom. The largest absolute Gasteiger partial charge is 0.494 e. The highest BCUT2D eigenvalue weighted by Gasteiger charge is 2.28. The van der Waals surface area contributed by atoms with Gasteiger partial charge in [0.15, 0.2) is 5.75 Å². The van der Waals surface area contributed by atoms with Gasteiger partial charge in [-0.25, -0.2) is 0 Å². The zero-order valence-corrected chi connectivity index (χ0v) is 12.5. The summed E-state index contributed by atoms with van der Waals surface area (Å²) in [5, 5.41) is 0. The van der Waals surface area contributed by atoms with Crippen molar-refractivity contribution < 1.29 is 9.53 Å². The first kappa shape index (κ1) is 14.2. The lowest BCUT2D eigenvalue weighted by molar-refractivity contribution is 0.0629. The second-order valence-electron chi connectivity index (χ2n) is 5.96. The predicted molar refractivity (Wildman–Crippen MR) is 82.5 cm³/mol. The highest BCUT2D eigenvalue weighted by Crippen LogP contribution is 2.30. The van der Waals surface area contributed by atoms with Gasteiger partial charge in [0.1, 0.15) is 0 Å². The van der Waals surface area contributed by atoms with Crippen LogP contribution in [0.15, 0.2) is 18.2 Å². The van der Waals surface area contributed by atoms with E-state index in [0.717, 1.165) is 32.1 Å². The van der Waals surface area contributed by atoms with Crippen LogP contribution in [0, 0.1) is 5.92 Å². The van der Waals surface area contributed by atoms with Gasteiger partial charge in [0.25, 0.3) is 5.91 Å². The summed E-state index contributed by atoms with van der Waals surface area (Å²) in [4.78, 5) is 17.0. The maximum absolute atomic E-state index is 12.6. The SMILES string of the molecule is COc1c(N)cccc1C(=O)N1CCN(CC2CC2)CC1. The van der Waals surface area contributed by atoms with Gasteiger partial charge in [-0.3, -0.25) is 9.69 Å². The Bertz CT molecular complexity index is 520. The molecule has 114 valence electrons. The average molecular weight is 289 g/mol. The molecule has 3 rings (SSSR count). The van der Waals surface area contributed by atoms with Crippen LogP contribution in [0.4, 0.5) is 5.69 Å². The van der Waals surface area contributed by atoms with Crippen LogP contribution in [0.3, 0.4) is 0 Å². The Morgan fingerprint density at radius 2 is 2.00 bits per heavy atom. The first-order chi connectivity index (χ1) is 10.2. The third-order valence-corrected chi connectivity index (χ3v) is 4.35. The van der Waals surface area contributed by atoms with Crippen molar-refractivity contribution in [2.45, 2.75) is 12.8 Å². The Kier molecular flexibility index (Phi) is 4.01. The zero-order valence-electron chi connectivity index (χ0n) is 12.5. The van der Waals surface area contributed by atoms with Crippen molar-refractivity contribution in [2.24, 2.45) is 5.92 Å². The molecule has 0 unspecified atom stereocenters. The number of carbonyl (C=O) groups excluding carboxylic acids is 1. The molecule has 1 aromatic carbocycles. The fourth-order valence-electron chi connectivity index (χ4n) is 2.92. The van der Waals surface area contributed by atoms with Crippen LogP contribution in [0.5, 0.6) is 5.75 Å². The molecule has 1 aliphatic heterocycles. The maximum Gasteiger partial charge on any atom is 0.257 e. The van der Waals surface area contributed by atoms with Crippen molar-refractivity contribution in [3.63, 3.8) is 0 Å². The fraction of sp³-hybridized carbons (Fsp3) is 0.562. The molecule has 21 heavy (non-hydrogen) atoms. The normalized spacial score (nSPS) is 19.6. The molecule has 1 saturated carbocycles. The molecule has 0 bridgehead atoms. The van der Waals surface area contributed by atoms with E-state index in [9.17, 15) is 4.79 Å². The summed E-state index contributed by atoms with van der Waals surface area (Å²) in [6.07, 6.45) is 2.75. The van der Waals surface area contributed by atoms with E-state index in [1.165, 1.54) is 19.4 Å². The number of nitrogens with two attached hydrogens (primary N) is 1. The second-order valence-corrected chi connectivity index (χ2v) is 5.96. The van der Waals surface area contributed by atoms with Gasteiger partial charge in [0, 0.05) is 32.7 Å². The van der Waals surface area contributed by atoms with Gasteiger partial charge >= 0.3 is 0 Å². The minimum absolute atomic E-state index is 0.0187. The molecule has 2 aliphatic rings. The van der Waals surface area contributed by atoms with Crippen molar-refractivity contribution in [2.75, 3.05) is 45.6 Å². The summed E-state index contributed by atoms with van der Waals surface area (Å²) in [7, 11) is 1.55. The highest BCUT2D eigenvalue weighted by molar-refractivity contribution is 5.98. The molecule has 1 saturated heterocycles. The topological polar surface area (TPSA) is 58.8 Å². The number of nitrogens with zero attached hydrogens (tertiary/aromatic N) is 2. The van der Waals surface area contributed by atoms with E-state index in [0.29, 0.717) is 17.0 Å². The molecular formula is C16H23N3O2. The van der Waals surface area contributed by atoms with Crippen LogP contribution in [-0.4, -0.2) is 55.5 Å². The smallest absolute Gasteiger partial charge is 0.257 e. The number of rotatable bonds is 4. The van der Waals surface area contributed by atoms with Gasteiger partial charge in [0.05, 0.1) is 18.4 Å². The maximum atomic E-state index is 12.6. The van der Waals surface area contributed by atoms with E-state index >= 15 is 0 Å². The number of amides is 1. The van der Waals surface area contributed by atoms with E-state index in [1.807, 2.05) is 4.90 Å². The van der Waals surface area contributed by atoms with E-state index in [-0.39, 0.29) is 5.91 Å². The van der Waals surface area contributed by atoms with Crippen LogP contribution in [-0.2, 0) is 0 Å². The van der Waals surface area contributed by atoms with E-state index in [2.05, 4.69) is 4.90 Å². The Morgan fingerprint density at radius 3 is 2.62 bits per heavy atom. The van der Waals surface area contributed by atoms with Crippen LogP contribution < -0.4 is 10.5 Å². The number of benzene rings is 1. The molecule has 1 aromatic rings. The fourth-order valence-corrected chi connectivity index (χ4v) is 2.92. The molecule has 0 radical (unpaired) electrons. The molecule has 1 heterocycles. The van der Waals surface area contributed by atoms with E-state index in [1.54, 1.807) is 25.3 Å². The van der Waals surface area contributed by atoms with E-state index in [4.69, 9.17) is 10.5 Å². The molecule has 1 amide bonds. The summed E-state index contributed by atoms with van der Waals surface area (Å²) in [6.45, 7) is 4.69. The van der Waals surface area contributed by atoms with Crippen molar-refractivity contribution in [3.8, 4) is 5.75 Å². The lowest BCUT2D eigenvalue weighted by atomic mass is 10.1. The second kappa shape index (κ2) is 5.93. The summed E-state index contributed by atoms with van der Waals surface area (Å²) >= 11 is 0. The minimum atomic E-state index is 0.0187. The number of nitrogen functional groups attached to an aromatic ring is 1. The molecule has 0 spiro atoms. The molecule has 5 nitrogen and oxygen atoms in total. The Balaban J connectivity index is 1.64. The summed E-state index contributed by atoms with van der Waals surface area (Å²) in [5.41, 5.74) is 6.95. The van der Waals surface area contributed by atoms with E-state index < -0.39 is 0 Å². The summed E-state index contributed by atoms with van der Waals surface area (Å²) in [6, 6.07) is 5.34. The molecule has 2 N–H and O–H groups in total. The Labute approximate surface area is 125 Å². The lowest BCUT2D eigenvalue weighted by Crippen LogP contribution is -2.49. The van der Waals surface area contributed by atoms with Gasteiger partial charge < -0.3 is 15.4 Å². The number of hydrogen-bond acceptors (Lipinski definition) is 4. The lowest BCUT2D eigenvalue weighted by Gasteiger charge is -2.35. The first-order valence-electron chi connectivity index (χ1n) is 7.63. The quantitative estimate of drug-likeness (QED) is 0.852. The van der Waals surface area contributed by atoms with Crippen LogP contribution in [0.2, 0.25) is 0 Å². The molecule has 5 heteroatoms. The number of para-hydroxylation sites is 1. The predicted octanol–water partition coefficient (Wildman–Crippen LogP) is 1.45. The monoisotopic (exact) mass is 289 g/mol. The van der Waals surface area contributed by atoms with Gasteiger partial charge in [0.2, 0.25) is 0 Å². The first-order valence-corrected chi connectivity index (χ1v) is 7.63. The average Bonchev–Trinajstić information content (AvgIpc) is 3.31. The highest BCUT2D eigenvalue weighted by atomic mass is 16.5. The van der Waals surface area contributed by atoms with Crippen molar-refractivity contribution in [1.82, 2.24) is 9.80 Å². The van der Waals surface area contributed by atoms with Crippen molar-refractivity contribution in [1.29, 1.82) is 0 Å². The summed E-state index contributed by atoms with van der Waals surface area (Å²) in [5.74, 6) is 1.41. The number of anilines is 1. The van der Waals surface area contributed by atoms with Crippen LogP contribution in [0.25, 0.3) is 0 Å². The molecule has 0 aromatic heterocycles. The third-order valence-electron chi connectivity index (χ3n) is 4.35. The molecule has 1 aliphatic carbocycles. The number of carbonyl (C=O) groups is 1. The number of methoxy groups -OCH3 is 1. The van der Waals surface area contributed by atoms with Crippen LogP contribution >= 0.6 is 0 Å². The molecular weight excluding hydrogens is 266 g/mol. The van der Waals surface area contributed by atoms with Crippen LogP contribution in [0.1, 0.15) is 23.2 Å². The van der Waals surface area contributed by atoms with Gasteiger partial charge in [-0.15, -0.1) is 0 Å². The van der Waals surface area contributed by atoms with Gasteiger partial charge in [-0.1, -0.05) is 6.07 Å². The number of ether oxygens (including phenoxy) is 1. The zero-order chi connectivity index (χ0) is 14.8. The number of hydrogen-bond donors (Lipinski definition) is 1.